The normalized spacial score (nSPS) is 14.8. The summed E-state index contributed by atoms with van der Waals surface area (Å²) in [6.45, 7) is 13.4. The molecular formula is C28H47N3O5S. The number of amides is 3. The van der Waals surface area contributed by atoms with Crippen LogP contribution in [-0.4, -0.2) is 59.1 Å². The van der Waals surface area contributed by atoms with Crippen molar-refractivity contribution < 1.29 is 24.2 Å². The average molecular weight is 538 g/mol. The van der Waals surface area contributed by atoms with Gasteiger partial charge in [0.2, 0.25) is 11.8 Å². The Kier molecular flexibility index (Phi) is 14.7. The van der Waals surface area contributed by atoms with Crippen molar-refractivity contribution in [1.82, 2.24) is 16.0 Å². The van der Waals surface area contributed by atoms with E-state index in [0.29, 0.717) is 12.3 Å². The molecule has 0 unspecified atom stereocenters. The highest BCUT2D eigenvalue weighted by Gasteiger charge is 2.30. The van der Waals surface area contributed by atoms with E-state index in [-0.39, 0.29) is 24.2 Å². The fourth-order valence-electron chi connectivity index (χ4n) is 3.55. The smallest absolute Gasteiger partial charge is 0.407 e. The minimum absolute atomic E-state index is 0.0846. The van der Waals surface area contributed by atoms with Gasteiger partial charge in [0.05, 0.1) is 12.1 Å². The molecule has 0 aromatic heterocycles. The number of thioether (sulfide) groups is 1. The molecule has 1 aromatic rings. The Morgan fingerprint density at radius 3 is 2.24 bits per heavy atom. The summed E-state index contributed by atoms with van der Waals surface area (Å²) in [6.07, 6.45) is 0.378. The van der Waals surface area contributed by atoms with Crippen LogP contribution in [0, 0.1) is 11.8 Å². The molecule has 0 bridgehead atoms. The molecule has 9 heteroatoms. The lowest BCUT2D eigenvalue weighted by atomic mass is 9.96. The summed E-state index contributed by atoms with van der Waals surface area (Å²) < 4.78 is 5.39. The lowest BCUT2D eigenvalue weighted by Gasteiger charge is -2.28. The van der Waals surface area contributed by atoms with Crippen LogP contribution in [-0.2, 0) is 20.1 Å². The summed E-state index contributed by atoms with van der Waals surface area (Å²) in [5.41, 5.74) is 0.468. The van der Waals surface area contributed by atoms with Gasteiger partial charge in [0, 0.05) is 24.0 Å². The molecule has 1 rings (SSSR count). The van der Waals surface area contributed by atoms with E-state index in [1.54, 1.807) is 39.5 Å². The lowest BCUT2D eigenvalue weighted by Crippen LogP contribution is -2.52. The molecule has 3 amide bonds. The molecule has 0 fully saturated rings. The SMILES string of the molecule is CCCCNC(=O)[C@@H](NC(=O)[C@H](C)C[C@H](O)[C@H](CSCc1ccccc1)NC(=O)OC(C)(C)C)C(C)C. The first-order chi connectivity index (χ1) is 17.3. The van der Waals surface area contributed by atoms with Gasteiger partial charge >= 0.3 is 6.09 Å². The lowest BCUT2D eigenvalue weighted by molar-refractivity contribution is -0.132. The number of aliphatic hydroxyl groups is 1. The number of hydrogen-bond acceptors (Lipinski definition) is 6. The van der Waals surface area contributed by atoms with E-state index in [1.165, 1.54) is 0 Å². The molecule has 4 atom stereocenters. The van der Waals surface area contributed by atoms with Crippen LogP contribution < -0.4 is 16.0 Å². The van der Waals surface area contributed by atoms with E-state index in [2.05, 4.69) is 16.0 Å². The number of unbranched alkanes of at least 4 members (excludes halogenated alkanes) is 1. The number of aliphatic hydroxyl groups excluding tert-OH is 1. The standard InChI is InChI=1S/C28H47N3O5S/c1-8-9-15-29-26(34)24(19(2)3)31-25(33)20(4)16-23(32)22(30-27(35)36-28(5,6)7)18-37-17-21-13-11-10-12-14-21/h10-14,19-20,22-24,32H,8-9,15-18H2,1-7H3,(H,29,34)(H,30,35)(H,31,33)/t20-,22+,23+,24+/m1/s1. The third-order valence-corrected chi connectivity index (χ3v) is 6.83. The minimum Gasteiger partial charge on any atom is -0.444 e. The molecule has 0 radical (unpaired) electrons. The van der Waals surface area contributed by atoms with E-state index in [0.717, 1.165) is 24.2 Å². The minimum atomic E-state index is -0.979. The molecule has 4 N–H and O–H groups in total. The molecule has 0 aliphatic heterocycles. The maximum absolute atomic E-state index is 12.9. The second-order valence-electron chi connectivity index (χ2n) is 10.8. The molecule has 8 nitrogen and oxygen atoms in total. The number of benzene rings is 1. The van der Waals surface area contributed by atoms with E-state index in [9.17, 15) is 19.5 Å². The molecule has 0 spiro atoms. The van der Waals surface area contributed by atoms with E-state index in [4.69, 9.17) is 4.74 Å². The van der Waals surface area contributed by atoms with Crippen molar-refractivity contribution in [2.75, 3.05) is 12.3 Å². The molecule has 0 saturated carbocycles. The van der Waals surface area contributed by atoms with Gasteiger partial charge in [-0.25, -0.2) is 4.79 Å². The predicted molar refractivity (Wildman–Crippen MR) is 150 cm³/mol. The average Bonchev–Trinajstić information content (AvgIpc) is 2.80. The van der Waals surface area contributed by atoms with Gasteiger partial charge in [-0.1, -0.05) is 64.4 Å². The number of nitrogens with one attached hydrogen (secondary N) is 3. The first kappa shape index (κ1) is 32.8. The van der Waals surface area contributed by atoms with E-state index < -0.39 is 35.8 Å². The maximum atomic E-state index is 12.9. The Morgan fingerprint density at radius 2 is 1.68 bits per heavy atom. The van der Waals surface area contributed by atoms with Gasteiger partial charge in [-0.2, -0.15) is 11.8 Å². The number of hydrogen-bond donors (Lipinski definition) is 4. The molecule has 0 aliphatic carbocycles. The number of rotatable bonds is 15. The highest BCUT2D eigenvalue weighted by molar-refractivity contribution is 7.98. The van der Waals surface area contributed by atoms with E-state index >= 15 is 0 Å². The predicted octanol–water partition coefficient (Wildman–Crippen LogP) is 4.26. The van der Waals surface area contributed by atoms with Crippen LogP contribution >= 0.6 is 11.8 Å². The molecule has 0 saturated heterocycles. The van der Waals surface area contributed by atoms with Crippen LogP contribution in [0.15, 0.2) is 30.3 Å². The van der Waals surface area contributed by atoms with Crippen LogP contribution in [0.1, 0.15) is 73.3 Å². The highest BCUT2D eigenvalue weighted by Crippen LogP contribution is 2.18. The Hall–Kier alpha value is -2.26. The Bertz CT molecular complexity index is 829. The van der Waals surface area contributed by atoms with Crippen molar-refractivity contribution in [1.29, 1.82) is 0 Å². The van der Waals surface area contributed by atoms with Gasteiger partial charge in [0.25, 0.3) is 0 Å². The monoisotopic (exact) mass is 537 g/mol. The zero-order valence-electron chi connectivity index (χ0n) is 23.5. The number of carbonyl (C=O) groups is 3. The molecule has 0 heterocycles. The van der Waals surface area contributed by atoms with Gasteiger partial charge < -0.3 is 25.8 Å². The Balaban J connectivity index is 2.79. The fraction of sp³-hybridized carbons (Fsp3) is 0.679. The molecule has 37 heavy (non-hydrogen) atoms. The van der Waals surface area contributed by atoms with Crippen molar-refractivity contribution in [3.63, 3.8) is 0 Å². The molecule has 0 aliphatic rings. The van der Waals surface area contributed by atoms with Crippen LogP contribution in [0.3, 0.4) is 0 Å². The fourth-order valence-corrected chi connectivity index (χ4v) is 4.65. The number of carbonyl (C=O) groups excluding carboxylic acids is 3. The van der Waals surface area contributed by atoms with E-state index in [1.807, 2.05) is 51.1 Å². The first-order valence-electron chi connectivity index (χ1n) is 13.2. The highest BCUT2D eigenvalue weighted by atomic mass is 32.2. The zero-order valence-corrected chi connectivity index (χ0v) is 24.3. The third-order valence-electron chi connectivity index (χ3n) is 5.69. The number of alkyl carbamates (subject to hydrolysis) is 1. The van der Waals surface area contributed by atoms with Crippen LogP contribution in [0.4, 0.5) is 4.79 Å². The summed E-state index contributed by atoms with van der Waals surface area (Å²) >= 11 is 1.58. The van der Waals surface area contributed by atoms with Crippen molar-refractivity contribution in [3.05, 3.63) is 35.9 Å². The van der Waals surface area contributed by atoms with Crippen molar-refractivity contribution in [2.45, 2.75) is 97.3 Å². The van der Waals surface area contributed by atoms with Gasteiger partial charge in [-0.05, 0) is 45.1 Å². The Labute approximate surface area is 227 Å². The maximum Gasteiger partial charge on any atom is 0.407 e. The third kappa shape index (κ3) is 13.7. The summed E-state index contributed by atoms with van der Waals surface area (Å²) in [5.74, 6) is 0.000296. The van der Waals surface area contributed by atoms with Gasteiger partial charge in [0.1, 0.15) is 11.6 Å². The summed E-state index contributed by atoms with van der Waals surface area (Å²) in [7, 11) is 0. The van der Waals surface area contributed by atoms with Crippen molar-refractivity contribution >= 4 is 29.7 Å². The quantitative estimate of drug-likeness (QED) is 0.249. The van der Waals surface area contributed by atoms with Crippen LogP contribution in [0.25, 0.3) is 0 Å². The molecular weight excluding hydrogens is 490 g/mol. The topological polar surface area (TPSA) is 117 Å². The van der Waals surface area contributed by atoms with Crippen molar-refractivity contribution in [2.24, 2.45) is 11.8 Å². The van der Waals surface area contributed by atoms with Gasteiger partial charge in [-0.3, -0.25) is 9.59 Å². The molecule has 210 valence electrons. The van der Waals surface area contributed by atoms with Crippen LogP contribution in [0.2, 0.25) is 0 Å². The second kappa shape index (κ2) is 16.6. The molecule has 1 aromatic carbocycles. The Morgan fingerprint density at radius 1 is 1.03 bits per heavy atom. The summed E-state index contributed by atoms with van der Waals surface area (Å²) in [4.78, 5) is 38.0. The van der Waals surface area contributed by atoms with Gasteiger partial charge in [-0.15, -0.1) is 0 Å². The summed E-state index contributed by atoms with van der Waals surface area (Å²) in [5, 5.41) is 19.5. The number of ether oxygens (including phenoxy) is 1. The summed E-state index contributed by atoms with van der Waals surface area (Å²) in [6, 6.07) is 8.67. The largest absolute Gasteiger partial charge is 0.444 e. The van der Waals surface area contributed by atoms with Crippen LogP contribution in [0.5, 0.6) is 0 Å². The zero-order chi connectivity index (χ0) is 28.0. The van der Waals surface area contributed by atoms with Crippen molar-refractivity contribution in [3.8, 4) is 0 Å². The van der Waals surface area contributed by atoms with Gasteiger partial charge in [0.15, 0.2) is 0 Å². The second-order valence-corrected chi connectivity index (χ2v) is 11.9. The first-order valence-corrected chi connectivity index (χ1v) is 14.4.